The number of hydrogen-bond donors (Lipinski definition) is 2. The van der Waals surface area contributed by atoms with Crippen molar-refractivity contribution in [2.45, 2.75) is 19.9 Å². The van der Waals surface area contributed by atoms with Crippen LogP contribution in [-0.4, -0.2) is 31.6 Å². The fourth-order valence-corrected chi connectivity index (χ4v) is 1.68. The highest BCUT2D eigenvalue weighted by Gasteiger charge is 2.17. The van der Waals surface area contributed by atoms with Gasteiger partial charge in [-0.2, -0.15) is 0 Å². The zero-order valence-electron chi connectivity index (χ0n) is 11.1. The lowest BCUT2D eigenvalue weighted by atomic mass is 10.2. The van der Waals surface area contributed by atoms with Crippen LogP contribution in [0.1, 0.15) is 12.5 Å². The molecule has 0 aliphatic heterocycles. The maximum absolute atomic E-state index is 11.7. The van der Waals surface area contributed by atoms with Crippen molar-refractivity contribution >= 4 is 29.1 Å². The van der Waals surface area contributed by atoms with Crippen LogP contribution >= 0.6 is 11.6 Å². The first-order valence-electron chi connectivity index (χ1n) is 5.81. The van der Waals surface area contributed by atoms with Gasteiger partial charge >= 0.3 is 11.8 Å². The Balaban J connectivity index is 2.64. The first-order valence-corrected chi connectivity index (χ1v) is 6.19. The molecule has 1 aromatic carbocycles. The molecule has 1 atom stereocenters. The average molecular weight is 285 g/mol. The van der Waals surface area contributed by atoms with E-state index in [-0.39, 0.29) is 6.04 Å². The van der Waals surface area contributed by atoms with E-state index in [0.29, 0.717) is 17.3 Å². The number of halogens is 1. The summed E-state index contributed by atoms with van der Waals surface area (Å²) in [5.74, 6) is -1.43. The topological polar surface area (TPSA) is 67.4 Å². The number of hydrogen-bond acceptors (Lipinski definition) is 3. The van der Waals surface area contributed by atoms with Crippen molar-refractivity contribution in [2.75, 3.05) is 19.0 Å². The molecule has 0 aromatic heterocycles. The lowest BCUT2D eigenvalue weighted by Crippen LogP contribution is -2.42. The first kappa shape index (κ1) is 15.5. The van der Waals surface area contributed by atoms with Gasteiger partial charge in [0.25, 0.3) is 0 Å². The van der Waals surface area contributed by atoms with E-state index < -0.39 is 11.8 Å². The highest BCUT2D eigenvalue weighted by molar-refractivity contribution is 6.40. The van der Waals surface area contributed by atoms with Crippen molar-refractivity contribution in [1.82, 2.24) is 5.32 Å². The minimum absolute atomic E-state index is 0.233. The van der Waals surface area contributed by atoms with Crippen LogP contribution in [0.2, 0.25) is 5.02 Å². The standard InChI is InChI=1S/C13H17ClN2O3/c1-8(7-19-3)15-12(17)13(18)16-11-6-4-5-10(14)9(11)2/h4-6,8H,7H2,1-3H3,(H,15,17)(H,16,18). The summed E-state index contributed by atoms with van der Waals surface area (Å²) in [6.07, 6.45) is 0. The molecule has 104 valence electrons. The highest BCUT2D eigenvalue weighted by Crippen LogP contribution is 2.22. The third kappa shape index (κ3) is 4.54. The summed E-state index contributed by atoms with van der Waals surface area (Å²) in [6, 6.07) is 4.87. The zero-order chi connectivity index (χ0) is 14.4. The van der Waals surface area contributed by atoms with Crippen LogP contribution in [-0.2, 0) is 14.3 Å². The Bertz CT molecular complexity index is 477. The van der Waals surface area contributed by atoms with Crippen molar-refractivity contribution in [1.29, 1.82) is 0 Å². The predicted molar refractivity (Wildman–Crippen MR) is 74.3 cm³/mol. The molecular formula is C13H17ClN2O3. The molecule has 6 heteroatoms. The lowest BCUT2D eigenvalue weighted by molar-refractivity contribution is -0.136. The molecule has 0 radical (unpaired) electrons. The second-order valence-corrected chi connectivity index (χ2v) is 4.60. The molecule has 0 saturated carbocycles. The van der Waals surface area contributed by atoms with Crippen molar-refractivity contribution in [3.05, 3.63) is 28.8 Å². The zero-order valence-corrected chi connectivity index (χ0v) is 11.9. The number of methoxy groups -OCH3 is 1. The monoisotopic (exact) mass is 284 g/mol. The third-order valence-electron chi connectivity index (χ3n) is 2.52. The van der Waals surface area contributed by atoms with Gasteiger partial charge in [-0.3, -0.25) is 9.59 Å². The van der Waals surface area contributed by atoms with E-state index >= 15 is 0 Å². The molecule has 0 fully saturated rings. The SMILES string of the molecule is COCC(C)NC(=O)C(=O)Nc1cccc(Cl)c1C. The number of ether oxygens (including phenoxy) is 1. The minimum atomic E-state index is -0.728. The Morgan fingerprint density at radius 3 is 2.68 bits per heavy atom. The summed E-state index contributed by atoms with van der Waals surface area (Å²) in [7, 11) is 1.53. The molecule has 0 saturated heterocycles. The molecule has 0 aliphatic carbocycles. The van der Waals surface area contributed by atoms with Gasteiger partial charge in [0.1, 0.15) is 0 Å². The Labute approximate surface area is 117 Å². The normalized spacial score (nSPS) is 11.8. The summed E-state index contributed by atoms with van der Waals surface area (Å²) in [6.45, 7) is 3.86. The number of benzene rings is 1. The molecule has 0 bridgehead atoms. The van der Waals surface area contributed by atoms with Gasteiger partial charge in [0.2, 0.25) is 0 Å². The van der Waals surface area contributed by atoms with Crippen molar-refractivity contribution in [3.63, 3.8) is 0 Å². The predicted octanol–water partition coefficient (Wildman–Crippen LogP) is 1.74. The van der Waals surface area contributed by atoms with E-state index in [0.717, 1.165) is 5.56 Å². The molecule has 0 heterocycles. The van der Waals surface area contributed by atoms with E-state index in [1.54, 1.807) is 32.0 Å². The van der Waals surface area contributed by atoms with Crippen LogP contribution in [0.15, 0.2) is 18.2 Å². The number of amides is 2. The van der Waals surface area contributed by atoms with Gasteiger partial charge in [-0.1, -0.05) is 17.7 Å². The number of nitrogens with one attached hydrogen (secondary N) is 2. The van der Waals surface area contributed by atoms with E-state index in [9.17, 15) is 9.59 Å². The second-order valence-electron chi connectivity index (χ2n) is 4.20. The fraction of sp³-hybridized carbons (Fsp3) is 0.385. The summed E-state index contributed by atoms with van der Waals surface area (Å²) in [5.41, 5.74) is 1.24. The van der Waals surface area contributed by atoms with Crippen molar-refractivity contribution < 1.29 is 14.3 Å². The van der Waals surface area contributed by atoms with Crippen LogP contribution < -0.4 is 10.6 Å². The molecule has 0 aliphatic rings. The molecule has 2 amide bonds. The molecule has 0 spiro atoms. The summed E-state index contributed by atoms with van der Waals surface area (Å²) in [4.78, 5) is 23.3. The van der Waals surface area contributed by atoms with Gasteiger partial charge in [0.15, 0.2) is 0 Å². The Morgan fingerprint density at radius 1 is 1.37 bits per heavy atom. The smallest absolute Gasteiger partial charge is 0.313 e. The number of carbonyl (C=O) groups is 2. The van der Waals surface area contributed by atoms with Crippen LogP contribution in [0.4, 0.5) is 5.69 Å². The van der Waals surface area contributed by atoms with Crippen LogP contribution in [0.3, 0.4) is 0 Å². The van der Waals surface area contributed by atoms with Crippen LogP contribution in [0, 0.1) is 6.92 Å². The van der Waals surface area contributed by atoms with Gasteiger partial charge in [-0.25, -0.2) is 0 Å². The quantitative estimate of drug-likeness (QED) is 0.828. The molecule has 1 unspecified atom stereocenters. The number of rotatable bonds is 4. The number of carbonyl (C=O) groups excluding carboxylic acids is 2. The maximum atomic E-state index is 11.7. The molecule has 2 N–H and O–H groups in total. The summed E-state index contributed by atoms with van der Waals surface area (Å²) >= 11 is 5.93. The van der Waals surface area contributed by atoms with Crippen LogP contribution in [0.25, 0.3) is 0 Å². The third-order valence-corrected chi connectivity index (χ3v) is 2.93. The lowest BCUT2D eigenvalue weighted by Gasteiger charge is -2.13. The van der Waals surface area contributed by atoms with E-state index in [2.05, 4.69) is 10.6 Å². The van der Waals surface area contributed by atoms with E-state index in [1.807, 2.05) is 0 Å². The fourth-order valence-electron chi connectivity index (χ4n) is 1.50. The second kappa shape index (κ2) is 7.11. The van der Waals surface area contributed by atoms with Crippen molar-refractivity contribution in [3.8, 4) is 0 Å². The van der Waals surface area contributed by atoms with Gasteiger partial charge < -0.3 is 15.4 Å². The molecule has 1 rings (SSSR count). The maximum Gasteiger partial charge on any atom is 0.313 e. The van der Waals surface area contributed by atoms with Crippen LogP contribution in [0.5, 0.6) is 0 Å². The first-order chi connectivity index (χ1) is 8.95. The minimum Gasteiger partial charge on any atom is -0.383 e. The molecule has 19 heavy (non-hydrogen) atoms. The van der Waals surface area contributed by atoms with E-state index in [4.69, 9.17) is 16.3 Å². The van der Waals surface area contributed by atoms with Gasteiger partial charge in [0.05, 0.1) is 6.61 Å². The summed E-state index contributed by atoms with van der Waals surface area (Å²) < 4.78 is 4.87. The van der Waals surface area contributed by atoms with Gasteiger partial charge in [0, 0.05) is 23.9 Å². The summed E-state index contributed by atoms with van der Waals surface area (Å²) in [5, 5.41) is 5.58. The van der Waals surface area contributed by atoms with Gasteiger partial charge in [-0.05, 0) is 31.5 Å². The largest absolute Gasteiger partial charge is 0.383 e. The Hall–Kier alpha value is -1.59. The molecule has 5 nitrogen and oxygen atoms in total. The highest BCUT2D eigenvalue weighted by atomic mass is 35.5. The van der Waals surface area contributed by atoms with E-state index in [1.165, 1.54) is 7.11 Å². The Kier molecular flexibility index (Phi) is 5.79. The van der Waals surface area contributed by atoms with Gasteiger partial charge in [-0.15, -0.1) is 0 Å². The average Bonchev–Trinajstić information content (AvgIpc) is 2.35. The Morgan fingerprint density at radius 2 is 2.05 bits per heavy atom. The number of anilines is 1. The molecular weight excluding hydrogens is 268 g/mol. The molecule has 1 aromatic rings. The van der Waals surface area contributed by atoms with Crippen molar-refractivity contribution in [2.24, 2.45) is 0 Å².